The lowest BCUT2D eigenvalue weighted by Gasteiger charge is -2.36. The number of methoxy groups -OCH3 is 1. The molecule has 0 saturated carbocycles. The minimum Gasteiger partial charge on any atom is -0.493 e. The molecule has 0 bridgehead atoms. The van der Waals surface area contributed by atoms with Gasteiger partial charge in [0.25, 0.3) is 0 Å². The van der Waals surface area contributed by atoms with Gasteiger partial charge in [-0.2, -0.15) is 0 Å². The molecule has 0 atom stereocenters. The number of carbonyl (C=O) groups excluding carboxylic acids is 1. The number of carbonyl (C=O) groups is 1. The molecule has 1 aromatic heterocycles. The van der Waals surface area contributed by atoms with Crippen molar-refractivity contribution in [3.05, 3.63) is 59.9 Å². The molecule has 31 heavy (non-hydrogen) atoms. The Morgan fingerprint density at radius 1 is 1.23 bits per heavy atom. The Kier molecular flexibility index (Phi) is 8.47. The van der Waals surface area contributed by atoms with E-state index in [-0.39, 0.29) is 11.9 Å². The number of ether oxygens (including phenoxy) is 2. The van der Waals surface area contributed by atoms with E-state index in [1.54, 1.807) is 13.2 Å². The van der Waals surface area contributed by atoms with Gasteiger partial charge in [-0.25, -0.2) is 0 Å². The Morgan fingerprint density at radius 3 is 2.71 bits per heavy atom. The monoisotopic (exact) mass is 423 g/mol. The first-order valence-corrected chi connectivity index (χ1v) is 11.0. The summed E-state index contributed by atoms with van der Waals surface area (Å²) in [6.07, 6.45) is 8.28. The predicted octanol–water partition coefficient (Wildman–Crippen LogP) is 3.67. The summed E-state index contributed by atoms with van der Waals surface area (Å²) in [6.45, 7) is 5.53. The van der Waals surface area contributed by atoms with Crippen molar-refractivity contribution in [3.8, 4) is 11.5 Å². The molecule has 1 aliphatic rings. The number of aromatic nitrogens is 1. The summed E-state index contributed by atoms with van der Waals surface area (Å²) in [4.78, 5) is 21.4. The molecule has 0 radical (unpaired) electrons. The number of likely N-dealkylation sites (N-methyl/N-ethyl adjacent to an activating group) is 1. The van der Waals surface area contributed by atoms with Gasteiger partial charge in [0, 0.05) is 57.1 Å². The van der Waals surface area contributed by atoms with E-state index >= 15 is 0 Å². The number of nitrogens with zero attached hydrogens (tertiary/aromatic N) is 3. The highest BCUT2D eigenvalue weighted by atomic mass is 16.5. The lowest BCUT2D eigenvalue weighted by molar-refractivity contribution is -0.127. The van der Waals surface area contributed by atoms with Gasteiger partial charge in [0.2, 0.25) is 5.91 Å². The summed E-state index contributed by atoms with van der Waals surface area (Å²) in [5, 5.41) is 0. The zero-order valence-electron chi connectivity index (χ0n) is 18.8. The molecule has 3 rings (SSSR count). The second-order valence-electron chi connectivity index (χ2n) is 7.77. The third-order valence-corrected chi connectivity index (χ3v) is 5.77. The number of pyridine rings is 1. The van der Waals surface area contributed by atoms with E-state index in [2.05, 4.69) is 16.0 Å². The van der Waals surface area contributed by atoms with Gasteiger partial charge in [-0.1, -0.05) is 12.1 Å². The number of likely N-dealkylation sites (tertiary alicyclic amines) is 1. The van der Waals surface area contributed by atoms with Crippen LogP contribution in [0.5, 0.6) is 11.5 Å². The highest BCUT2D eigenvalue weighted by Crippen LogP contribution is 2.28. The highest BCUT2D eigenvalue weighted by molar-refractivity contribution is 5.91. The van der Waals surface area contributed by atoms with Crippen LogP contribution in [0.15, 0.2) is 48.7 Å². The zero-order chi connectivity index (χ0) is 22.1. The molecule has 1 fully saturated rings. The Labute approximate surface area is 185 Å². The maximum Gasteiger partial charge on any atom is 0.246 e. The first-order chi connectivity index (χ1) is 15.1. The molecule has 2 aromatic rings. The first-order valence-electron chi connectivity index (χ1n) is 11.0. The van der Waals surface area contributed by atoms with Gasteiger partial charge in [-0.3, -0.25) is 9.78 Å². The molecule has 0 aliphatic carbocycles. The summed E-state index contributed by atoms with van der Waals surface area (Å²) in [5.41, 5.74) is 2.04. The average Bonchev–Trinajstić information content (AvgIpc) is 2.82. The van der Waals surface area contributed by atoms with E-state index in [1.807, 2.05) is 61.5 Å². The van der Waals surface area contributed by atoms with Crippen molar-refractivity contribution in [1.29, 1.82) is 0 Å². The smallest absolute Gasteiger partial charge is 0.246 e. The summed E-state index contributed by atoms with van der Waals surface area (Å²) in [7, 11) is 3.52. The van der Waals surface area contributed by atoms with Crippen LogP contribution in [0, 0.1) is 0 Å². The van der Waals surface area contributed by atoms with E-state index in [9.17, 15) is 4.79 Å². The predicted molar refractivity (Wildman–Crippen MR) is 123 cm³/mol. The van der Waals surface area contributed by atoms with Crippen LogP contribution < -0.4 is 9.47 Å². The Hall–Kier alpha value is -2.86. The van der Waals surface area contributed by atoms with Crippen molar-refractivity contribution < 1.29 is 14.3 Å². The van der Waals surface area contributed by atoms with E-state index in [4.69, 9.17) is 9.47 Å². The van der Waals surface area contributed by atoms with E-state index in [0.29, 0.717) is 18.1 Å². The highest BCUT2D eigenvalue weighted by Gasteiger charge is 2.24. The van der Waals surface area contributed by atoms with Crippen LogP contribution in [0.1, 0.15) is 31.0 Å². The van der Waals surface area contributed by atoms with E-state index in [1.165, 1.54) is 0 Å². The van der Waals surface area contributed by atoms with E-state index in [0.717, 1.165) is 50.2 Å². The molecule has 1 aliphatic heterocycles. The number of hydrogen-bond acceptors (Lipinski definition) is 5. The van der Waals surface area contributed by atoms with Crippen LogP contribution in [0.25, 0.3) is 6.08 Å². The molecule has 6 nitrogen and oxygen atoms in total. The molecule has 1 saturated heterocycles. The molecular weight excluding hydrogens is 390 g/mol. The molecular formula is C25H33N3O3. The number of amides is 1. The number of piperidine rings is 1. The average molecular weight is 424 g/mol. The second kappa shape index (κ2) is 11.5. The van der Waals surface area contributed by atoms with Gasteiger partial charge < -0.3 is 19.3 Å². The van der Waals surface area contributed by atoms with Gasteiger partial charge >= 0.3 is 0 Å². The van der Waals surface area contributed by atoms with Crippen molar-refractivity contribution in [3.63, 3.8) is 0 Å². The van der Waals surface area contributed by atoms with Crippen molar-refractivity contribution in [2.45, 2.75) is 32.2 Å². The van der Waals surface area contributed by atoms with Crippen LogP contribution in [0.4, 0.5) is 0 Å². The van der Waals surface area contributed by atoms with Crippen LogP contribution in [-0.2, 0) is 11.2 Å². The topological polar surface area (TPSA) is 54.9 Å². The lowest BCUT2D eigenvalue weighted by atomic mass is 10.0. The largest absolute Gasteiger partial charge is 0.493 e. The summed E-state index contributed by atoms with van der Waals surface area (Å²) >= 11 is 0. The number of hydrogen-bond donors (Lipinski definition) is 0. The summed E-state index contributed by atoms with van der Waals surface area (Å²) < 4.78 is 10.9. The minimum absolute atomic E-state index is 0.0284. The fraction of sp³-hybridized carbons (Fsp3) is 0.440. The fourth-order valence-corrected chi connectivity index (χ4v) is 3.88. The third kappa shape index (κ3) is 6.56. The summed E-state index contributed by atoms with van der Waals surface area (Å²) in [5.74, 6) is 1.41. The molecule has 0 spiro atoms. The molecule has 6 heteroatoms. The zero-order valence-corrected chi connectivity index (χ0v) is 18.8. The van der Waals surface area contributed by atoms with Gasteiger partial charge in [0.15, 0.2) is 11.5 Å². The molecule has 2 heterocycles. The third-order valence-electron chi connectivity index (χ3n) is 5.77. The Balaban J connectivity index is 1.48. The normalized spacial score (nSPS) is 15.2. The van der Waals surface area contributed by atoms with E-state index < -0.39 is 0 Å². The molecule has 0 N–H and O–H groups in total. The first kappa shape index (κ1) is 22.8. The van der Waals surface area contributed by atoms with Gasteiger partial charge in [-0.05, 0) is 55.7 Å². The maximum atomic E-state index is 12.7. The van der Waals surface area contributed by atoms with Crippen LogP contribution in [-0.4, -0.2) is 67.1 Å². The van der Waals surface area contributed by atoms with Gasteiger partial charge in [0.1, 0.15) is 0 Å². The summed E-state index contributed by atoms with van der Waals surface area (Å²) in [6, 6.07) is 12.0. The SMILES string of the molecule is CCOc1cc(/C=C/C(=O)N(C)C2CCN(CCc3ccccn3)CC2)ccc1OC. The minimum atomic E-state index is 0.0284. The molecule has 0 unspecified atom stereocenters. The van der Waals surface area contributed by atoms with Crippen molar-refractivity contribution in [1.82, 2.24) is 14.8 Å². The molecule has 166 valence electrons. The molecule has 1 amide bonds. The maximum absolute atomic E-state index is 12.7. The van der Waals surface area contributed by atoms with Crippen molar-refractivity contribution in [2.75, 3.05) is 40.4 Å². The number of rotatable bonds is 9. The fourth-order valence-electron chi connectivity index (χ4n) is 3.88. The second-order valence-corrected chi connectivity index (χ2v) is 7.77. The Bertz CT molecular complexity index is 862. The molecule has 1 aromatic carbocycles. The standard InChI is InChI=1S/C25H33N3O3/c1-4-31-24-19-20(8-10-23(24)30-3)9-11-25(29)27(2)22-13-17-28(18-14-22)16-12-21-7-5-6-15-26-21/h5-11,15,19,22H,4,12-14,16-18H2,1-3H3/b11-9+. The van der Waals surface area contributed by atoms with Gasteiger partial charge in [0.05, 0.1) is 13.7 Å². The van der Waals surface area contributed by atoms with Crippen molar-refractivity contribution in [2.24, 2.45) is 0 Å². The van der Waals surface area contributed by atoms with Gasteiger partial charge in [-0.15, -0.1) is 0 Å². The van der Waals surface area contributed by atoms with Crippen LogP contribution >= 0.6 is 0 Å². The number of benzene rings is 1. The quantitative estimate of drug-likeness (QED) is 0.576. The Morgan fingerprint density at radius 2 is 2.03 bits per heavy atom. The van der Waals surface area contributed by atoms with Crippen molar-refractivity contribution >= 4 is 12.0 Å². The van der Waals surface area contributed by atoms with Crippen LogP contribution in [0.3, 0.4) is 0 Å². The van der Waals surface area contributed by atoms with Crippen LogP contribution in [0.2, 0.25) is 0 Å². The lowest BCUT2D eigenvalue weighted by Crippen LogP contribution is -2.45.